The van der Waals surface area contributed by atoms with Gasteiger partial charge in [0.2, 0.25) is 0 Å². The summed E-state index contributed by atoms with van der Waals surface area (Å²) in [5.41, 5.74) is 1.40. The second-order valence-corrected chi connectivity index (χ2v) is 4.90. The van der Waals surface area contributed by atoms with E-state index >= 15 is 0 Å². The Labute approximate surface area is 89.2 Å². The molecule has 0 nitrogen and oxygen atoms in total. The van der Waals surface area contributed by atoms with Crippen LogP contribution in [0.3, 0.4) is 0 Å². The van der Waals surface area contributed by atoms with Crippen molar-refractivity contribution in [1.82, 2.24) is 0 Å². The van der Waals surface area contributed by atoms with Crippen molar-refractivity contribution in [3.63, 3.8) is 0 Å². The first kappa shape index (κ1) is 9.47. The molecule has 0 aliphatic carbocycles. The van der Waals surface area contributed by atoms with Crippen molar-refractivity contribution >= 4 is 11.3 Å². The molecule has 1 heteroatoms. The predicted molar refractivity (Wildman–Crippen MR) is 63.0 cm³/mol. The third-order valence-corrected chi connectivity index (χ3v) is 3.67. The highest BCUT2D eigenvalue weighted by molar-refractivity contribution is 7.12. The molecule has 1 unspecified atom stereocenters. The molecule has 1 aromatic carbocycles. The Morgan fingerprint density at radius 1 is 1.00 bits per heavy atom. The van der Waals surface area contributed by atoms with Crippen LogP contribution in [0.2, 0.25) is 0 Å². The van der Waals surface area contributed by atoms with Crippen LogP contribution in [0.15, 0.2) is 42.5 Å². The third-order valence-electron chi connectivity index (χ3n) is 2.49. The lowest BCUT2D eigenvalue weighted by Crippen LogP contribution is -1.91. The van der Waals surface area contributed by atoms with Crippen molar-refractivity contribution in [2.24, 2.45) is 0 Å². The highest BCUT2D eigenvalue weighted by Gasteiger charge is 2.08. The molecule has 1 aromatic heterocycles. The quantitative estimate of drug-likeness (QED) is 0.684. The zero-order chi connectivity index (χ0) is 9.97. The molecule has 2 aromatic rings. The number of hydrogen-bond donors (Lipinski definition) is 0. The molecule has 0 amide bonds. The molecular weight excluding hydrogens is 188 g/mol. The SMILES string of the molecule is Cc1ccc(C(C)c2ccccc2)s1. The molecule has 2 rings (SSSR count). The maximum atomic E-state index is 2.26. The molecule has 72 valence electrons. The fourth-order valence-corrected chi connectivity index (χ4v) is 2.55. The molecule has 0 radical (unpaired) electrons. The van der Waals surface area contributed by atoms with E-state index < -0.39 is 0 Å². The monoisotopic (exact) mass is 202 g/mol. The highest BCUT2D eigenvalue weighted by Crippen LogP contribution is 2.29. The van der Waals surface area contributed by atoms with Crippen LogP contribution in [0.4, 0.5) is 0 Å². The minimum Gasteiger partial charge on any atom is -0.145 e. The largest absolute Gasteiger partial charge is 0.145 e. The van der Waals surface area contributed by atoms with Crippen molar-refractivity contribution in [1.29, 1.82) is 0 Å². The predicted octanol–water partition coefficient (Wildman–Crippen LogP) is 4.21. The van der Waals surface area contributed by atoms with Crippen LogP contribution in [-0.2, 0) is 0 Å². The first-order valence-corrected chi connectivity index (χ1v) is 5.70. The number of benzene rings is 1. The lowest BCUT2D eigenvalue weighted by Gasteiger charge is -2.08. The molecule has 0 spiro atoms. The van der Waals surface area contributed by atoms with Crippen molar-refractivity contribution in [2.45, 2.75) is 19.8 Å². The Morgan fingerprint density at radius 3 is 2.29 bits per heavy atom. The number of rotatable bonds is 2. The number of aryl methyl sites for hydroxylation is 1. The molecule has 0 aliphatic rings. The average molecular weight is 202 g/mol. The van der Waals surface area contributed by atoms with Crippen LogP contribution in [0.1, 0.15) is 28.2 Å². The zero-order valence-electron chi connectivity index (χ0n) is 8.53. The first-order valence-electron chi connectivity index (χ1n) is 4.88. The van der Waals surface area contributed by atoms with Gasteiger partial charge in [-0.25, -0.2) is 0 Å². The van der Waals surface area contributed by atoms with Crippen LogP contribution in [0.5, 0.6) is 0 Å². The van der Waals surface area contributed by atoms with Gasteiger partial charge in [0, 0.05) is 15.7 Å². The summed E-state index contributed by atoms with van der Waals surface area (Å²) in [6.45, 7) is 4.42. The standard InChI is InChI=1S/C13H14S/c1-10-8-9-13(14-10)11(2)12-6-4-3-5-7-12/h3-9,11H,1-2H3. The Balaban J connectivity index is 2.29. The fourth-order valence-electron chi connectivity index (χ4n) is 1.59. The molecule has 0 bridgehead atoms. The van der Waals surface area contributed by atoms with Gasteiger partial charge in [-0.3, -0.25) is 0 Å². The van der Waals surface area contributed by atoms with Gasteiger partial charge >= 0.3 is 0 Å². The van der Waals surface area contributed by atoms with Gasteiger partial charge in [-0.05, 0) is 24.6 Å². The van der Waals surface area contributed by atoms with E-state index in [1.54, 1.807) is 0 Å². The van der Waals surface area contributed by atoms with Crippen molar-refractivity contribution in [3.8, 4) is 0 Å². The fraction of sp³-hybridized carbons (Fsp3) is 0.231. The van der Waals surface area contributed by atoms with E-state index in [9.17, 15) is 0 Å². The zero-order valence-corrected chi connectivity index (χ0v) is 9.34. The minimum atomic E-state index is 0.523. The maximum absolute atomic E-state index is 2.26. The summed E-state index contributed by atoms with van der Waals surface area (Å²) >= 11 is 1.89. The van der Waals surface area contributed by atoms with Crippen LogP contribution in [0.25, 0.3) is 0 Å². The van der Waals surface area contributed by atoms with Crippen molar-refractivity contribution in [2.75, 3.05) is 0 Å². The third kappa shape index (κ3) is 1.88. The van der Waals surface area contributed by atoms with Gasteiger partial charge in [-0.2, -0.15) is 0 Å². The molecule has 1 heterocycles. The maximum Gasteiger partial charge on any atom is 0.0155 e. The van der Waals surface area contributed by atoms with Crippen LogP contribution < -0.4 is 0 Å². The summed E-state index contributed by atoms with van der Waals surface area (Å²) in [6, 6.07) is 15.1. The Morgan fingerprint density at radius 2 is 1.71 bits per heavy atom. The van der Waals surface area contributed by atoms with E-state index in [-0.39, 0.29) is 0 Å². The normalized spacial score (nSPS) is 12.7. The van der Waals surface area contributed by atoms with Gasteiger partial charge in [-0.15, -0.1) is 11.3 Å². The summed E-state index contributed by atoms with van der Waals surface area (Å²) in [5.74, 6) is 0.523. The number of thiophene rings is 1. The molecule has 0 saturated carbocycles. The minimum absolute atomic E-state index is 0.523. The van der Waals surface area contributed by atoms with Gasteiger partial charge in [0.15, 0.2) is 0 Å². The van der Waals surface area contributed by atoms with Crippen molar-refractivity contribution < 1.29 is 0 Å². The number of hydrogen-bond acceptors (Lipinski definition) is 1. The van der Waals surface area contributed by atoms with E-state index in [1.165, 1.54) is 15.3 Å². The Hall–Kier alpha value is -1.08. The van der Waals surface area contributed by atoms with Crippen LogP contribution in [-0.4, -0.2) is 0 Å². The molecular formula is C13H14S. The van der Waals surface area contributed by atoms with E-state index in [2.05, 4.69) is 56.3 Å². The van der Waals surface area contributed by atoms with Gasteiger partial charge in [0.1, 0.15) is 0 Å². The summed E-state index contributed by atoms with van der Waals surface area (Å²) < 4.78 is 0. The smallest absolute Gasteiger partial charge is 0.0155 e. The molecule has 0 N–H and O–H groups in total. The second kappa shape index (κ2) is 3.97. The van der Waals surface area contributed by atoms with Crippen molar-refractivity contribution in [3.05, 3.63) is 57.8 Å². The average Bonchev–Trinajstić information content (AvgIpc) is 2.65. The molecule has 14 heavy (non-hydrogen) atoms. The molecule has 0 fully saturated rings. The van der Waals surface area contributed by atoms with E-state index in [1.807, 2.05) is 11.3 Å². The Bertz CT molecular complexity index is 400. The second-order valence-electron chi connectivity index (χ2n) is 3.58. The summed E-state index contributed by atoms with van der Waals surface area (Å²) in [6.07, 6.45) is 0. The van der Waals surface area contributed by atoms with Gasteiger partial charge in [-0.1, -0.05) is 37.3 Å². The van der Waals surface area contributed by atoms with E-state index in [0.717, 1.165) is 0 Å². The lowest BCUT2D eigenvalue weighted by atomic mass is 10.00. The first-order chi connectivity index (χ1) is 6.77. The van der Waals surface area contributed by atoms with E-state index in [4.69, 9.17) is 0 Å². The van der Waals surface area contributed by atoms with Gasteiger partial charge in [0.05, 0.1) is 0 Å². The van der Waals surface area contributed by atoms with Crippen LogP contribution >= 0.6 is 11.3 Å². The topological polar surface area (TPSA) is 0 Å². The molecule has 0 aliphatic heterocycles. The lowest BCUT2D eigenvalue weighted by molar-refractivity contribution is 0.948. The van der Waals surface area contributed by atoms with E-state index in [0.29, 0.717) is 5.92 Å². The Kier molecular flexibility index (Phi) is 2.69. The molecule has 0 saturated heterocycles. The van der Waals surface area contributed by atoms with Crippen LogP contribution in [0, 0.1) is 6.92 Å². The van der Waals surface area contributed by atoms with Gasteiger partial charge < -0.3 is 0 Å². The summed E-state index contributed by atoms with van der Waals surface area (Å²) in [7, 11) is 0. The summed E-state index contributed by atoms with van der Waals surface area (Å²) in [5, 5.41) is 0. The summed E-state index contributed by atoms with van der Waals surface area (Å²) in [4.78, 5) is 2.84. The van der Waals surface area contributed by atoms with Gasteiger partial charge in [0.25, 0.3) is 0 Å². The molecule has 1 atom stereocenters. The highest BCUT2D eigenvalue weighted by atomic mass is 32.1.